The van der Waals surface area contributed by atoms with Gasteiger partial charge in [-0.1, -0.05) is 85.0 Å². The Labute approximate surface area is 194 Å². The Morgan fingerprint density at radius 2 is 0.812 bits per heavy atom. The van der Waals surface area contributed by atoms with E-state index in [1.54, 1.807) is 0 Å². The van der Waals surface area contributed by atoms with Crippen LogP contribution in [-0.2, 0) is 0 Å². The van der Waals surface area contributed by atoms with E-state index in [0.717, 1.165) is 0 Å². The van der Waals surface area contributed by atoms with Gasteiger partial charge in [-0.2, -0.15) is 0 Å². The van der Waals surface area contributed by atoms with Gasteiger partial charge in [-0.05, 0) is 52.5 Å². The fourth-order valence-electron chi connectivity index (χ4n) is 4.72. The molecule has 0 saturated heterocycles. The van der Waals surface area contributed by atoms with Gasteiger partial charge in [0.2, 0.25) is 0 Å². The van der Waals surface area contributed by atoms with Gasteiger partial charge in [0, 0.05) is 23.0 Å². The number of hydrazine groups is 1. The van der Waals surface area contributed by atoms with E-state index in [1.165, 1.54) is 11.4 Å². The molecule has 0 amide bonds. The van der Waals surface area contributed by atoms with E-state index in [2.05, 4.69) is 157 Å². The molecule has 0 heterocycles. The van der Waals surface area contributed by atoms with Gasteiger partial charge in [0.05, 0.1) is 0 Å². The molecule has 2 aromatic carbocycles. The lowest BCUT2D eigenvalue weighted by Gasteiger charge is -2.50. The minimum Gasteiger partial charge on any atom is -0.327 e. The van der Waals surface area contributed by atoms with Crippen molar-refractivity contribution in [2.45, 2.75) is 11.6 Å². The lowest BCUT2D eigenvalue weighted by atomic mass is 9.56. The third-order valence-electron chi connectivity index (χ3n) is 6.08. The summed E-state index contributed by atoms with van der Waals surface area (Å²) in [7, 11) is 8.68. The van der Waals surface area contributed by atoms with E-state index < -0.39 is 0 Å². The third-order valence-corrected chi connectivity index (χ3v) is 6.08. The second-order valence-corrected chi connectivity index (χ2v) is 8.81. The van der Waals surface area contributed by atoms with Crippen LogP contribution in [0.4, 0.5) is 11.4 Å². The second-order valence-electron chi connectivity index (χ2n) is 8.81. The van der Waals surface area contributed by atoms with Gasteiger partial charge >= 0.3 is 14.0 Å². The van der Waals surface area contributed by atoms with E-state index in [0.29, 0.717) is 0 Å². The van der Waals surface area contributed by atoms with Crippen LogP contribution < -0.4 is 9.84 Å². The molecule has 162 valence electrons. The fourth-order valence-corrected chi connectivity index (χ4v) is 4.72. The maximum absolute atomic E-state index is 2.48. The number of para-hydroxylation sites is 2. The summed E-state index contributed by atoms with van der Waals surface area (Å²) in [4.78, 5) is 9.59. The van der Waals surface area contributed by atoms with E-state index in [9.17, 15) is 0 Å². The molecule has 2 aromatic rings. The normalized spacial score (nSPS) is 15.3. The molecule has 0 saturated carbocycles. The summed E-state index contributed by atoms with van der Waals surface area (Å²) in [5, 5.41) is 0. The molecule has 2 aliphatic carbocycles. The first-order valence-corrected chi connectivity index (χ1v) is 11.3. The standard InChI is InChI=1S/C26H32B2N4/c1-29(2)27(23-15-11-12-16-23)31(25-19-7-5-8-20-25)32(26-21-9-6-10-22-26)28(30(3)4)24-17-13-14-18-24/h5-24H,1-4H3. The van der Waals surface area contributed by atoms with Crippen molar-refractivity contribution in [1.29, 1.82) is 0 Å². The topological polar surface area (TPSA) is 13.0 Å². The molecule has 4 nitrogen and oxygen atoms in total. The van der Waals surface area contributed by atoms with Crippen LogP contribution in [0.2, 0.25) is 11.6 Å². The number of hydrogen-bond acceptors (Lipinski definition) is 4. The van der Waals surface area contributed by atoms with E-state index in [-0.39, 0.29) is 25.6 Å². The molecule has 2 aliphatic rings. The summed E-state index contributed by atoms with van der Waals surface area (Å²) < 4.78 is 0. The van der Waals surface area contributed by atoms with Gasteiger partial charge in [0.25, 0.3) is 0 Å². The van der Waals surface area contributed by atoms with Crippen molar-refractivity contribution in [2.75, 3.05) is 38.0 Å². The minimum absolute atomic E-state index is 0.101. The SMILES string of the molecule is CN(C)B(C1C=CC=C1)N(c1ccccc1)N(B(C1C=CC=C1)N(C)C)c1ccccc1. The van der Waals surface area contributed by atoms with Crippen LogP contribution in [0.3, 0.4) is 0 Å². The van der Waals surface area contributed by atoms with Crippen LogP contribution >= 0.6 is 0 Å². The van der Waals surface area contributed by atoms with Crippen LogP contribution in [0.25, 0.3) is 0 Å². The Balaban J connectivity index is 1.92. The maximum Gasteiger partial charge on any atom is 0.373 e. The Bertz CT molecular complexity index is 880. The predicted octanol–water partition coefficient (Wildman–Crippen LogP) is 5.01. The molecular formula is C26H32B2N4. The first-order valence-electron chi connectivity index (χ1n) is 11.3. The molecule has 0 radical (unpaired) electrons. The molecule has 0 aliphatic heterocycles. The number of allylic oxidation sites excluding steroid dienone is 8. The molecule has 0 spiro atoms. The first-order chi connectivity index (χ1) is 15.6. The highest BCUT2D eigenvalue weighted by Crippen LogP contribution is 2.35. The molecule has 0 bridgehead atoms. The largest absolute Gasteiger partial charge is 0.373 e. The number of nitrogens with zero attached hydrogens (tertiary/aromatic N) is 4. The molecule has 0 N–H and O–H groups in total. The Kier molecular flexibility index (Phi) is 7.03. The van der Waals surface area contributed by atoms with Crippen LogP contribution in [0.5, 0.6) is 0 Å². The van der Waals surface area contributed by atoms with E-state index in [1.807, 2.05) is 0 Å². The van der Waals surface area contributed by atoms with Crippen molar-refractivity contribution in [3.8, 4) is 0 Å². The molecular weight excluding hydrogens is 390 g/mol. The number of hydrogen-bond donors (Lipinski definition) is 0. The third kappa shape index (κ3) is 4.62. The molecule has 4 rings (SSSR count). The van der Waals surface area contributed by atoms with Gasteiger partial charge < -0.3 is 19.5 Å². The summed E-state index contributed by atoms with van der Waals surface area (Å²) in [5.74, 6) is 0.544. The Hall–Kier alpha value is -2.95. The summed E-state index contributed by atoms with van der Waals surface area (Å²) in [6.07, 6.45) is 17.8. The number of rotatable bonds is 9. The summed E-state index contributed by atoms with van der Waals surface area (Å²) >= 11 is 0. The van der Waals surface area contributed by atoms with Crippen molar-refractivity contribution < 1.29 is 0 Å². The predicted molar refractivity (Wildman–Crippen MR) is 141 cm³/mol. The van der Waals surface area contributed by atoms with Gasteiger partial charge in [0.1, 0.15) is 0 Å². The summed E-state index contributed by atoms with van der Waals surface area (Å²) in [6, 6.07) is 21.5. The summed E-state index contributed by atoms with van der Waals surface area (Å²) in [5.41, 5.74) is 2.34. The van der Waals surface area contributed by atoms with Crippen LogP contribution in [-0.4, -0.2) is 51.8 Å². The quantitative estimate of drug-likeness (QED) is 0.416. The molecule has 6 heteroatoms. The summed E-state index contributed by atoms with van der Waals surface area (Å²) in [6.45, 7) is 0.203. The van der Waals surface area contributed by atoms with Crippen LogP contribution in [0.1, 0.15) is 0 Å². The average molecular weight is 422 g/mol. The van der Waals surface area contributed by atoms with Crippen molar-refractivity contribution in [2.24, 2.45) is 0 Å². The average Bonchev–Trinajstić information content (AvgIpc) is 3.51. The molecule has 0 unspecified atom stereocenters. The van der Waals surface area contributed by atoms with Crippen molar-refractivity contribution in [1.82, 2.24) is 9.62 Å². The fraction of sp³-hybridized carbons (Fsp3) is 0.231. The van der Waals surface area contributed by atoms with Gasteiger partial charge in [-0.3, -0.25) is 0 Å². The van der Waals surface area contributed by atoms with Gasteiger partial charge in [0.15, 0.2) is 0 Å². The molecule has 32 heavy (non-hydrogen) atoms. The zero-order valence-electron chi connectivity index (χ0n) is 19.5. The second kappa shape index (κ2) is 10.1. The Morgan fingerprint density at radius 1 is 0.500 bits per heavy atom. The number of anilines is 2. The molecule has 0 fully saturated rings. The minimum atomic E-state index is 0.101. The lowest BCUT2D eigenvalue weighted by Crippen LogP contribution is -2.67. The molecule has 0 aromatic heterocycles. The van der Waals surface area contributed by atoms with E-state index >= 15 is 0 Å². The maximum atomic E-state index is 2.48. The Morgan fingerprint density at radius 3 is 1.09 bits per heavy atom. The zero-order valence-corrected chi connectivity index (χ0v) is 19.5. The lowest BCUT2D eigenvalue weighted by molar-refractivity contribution is 0.604. The first kappa shape index (κ1) is 22.3. The van der Waals surface area contributed by atoms with Gasteiger partial charge in [-0.25, -0.2) is 0 Å². The molecule has 0 atom stereocenters. The van der Waals surface area contributed by atoms with Crippen LogP contribution in [0.15, 0.2) is 109 Å². The highest BCUT2D eigenvalue weighted by Gasteiger charge is 2.44. The highest BCUT2D eigenvalue weighted by atomic mass is 15.6. The number of benzene rings is 2. The zero-order chi connectivity index (χ0) is 22.5. The monoisotopic (exact) mass is 422 g/mol. The van der Waals surface area contributed by atoms with Crippen molar-refractivity contribution in [3.63, 3.8) is 0 Å². The van der Waals surface area contributed by atoms with Gasteiger partial charge in [-0.15, -0.1) is 0 Å². The van der Waals surface area contributed by atoms with Crippen molar-refractivity contribution in [3.05, 3.63) is 109 Å². The highest BCUT2D eigenvalue weighted by molar-refractivity contribution is 6.70. The smallest absolute Gasteiger partial charge is 0.327 e. The van der Waals surface area contributed by atoms with E-state index in [4.69, 9.17) is 0 Å². The van der Waals surface area contributed by atoms with Crippen LogP contribution in [0, 0.1) is 0 Å². The van der Waals surface area contributed by atoms with Crippen molar-refractivity contribution >= 4 is 25.3 Å².